The largest absolute Gasteiger partial charge is 0.313 e. The predicted octanol–water partition coefficient (Wildman–Crippen LogP) is 4.23. The SMILES string of the molecule is CCNCc1ccc(SCC2Cc3ccccc32)cc1. The second-order valence-corrected chi connectivity index (χ2v) is 6.43. The lowest BCUT2D eigenvalue weighted by atomic mass is 9.79. The maximum atomic E-state index is 3.36. The van der Waals surface area contributed by atoms with Gasteiger partial charge in [0.25, 0.3) is 0 Å². The molecule has 104 valence electrons. The number of nitrogens with one attached hydrogen (secondary N) is 1. The highest BCUT2D eigenvalue weighted by Gasteiger charge is 2.24. The Labute approximate surface area is 125 Å². The summed E-state index contributed by atoms with van der Waals surface area (Å²) in [6, 6.07) is 17.8. The smallest absolute Gasteiger partial charge is 0.0205 e. The van der Waals surface area contributed by atoms with Gasteiger partial charge in [0.1, 0.15) is 0 Å². The third kappa shape index (κ3) is 3.08. The Hall–Kier alpha value is -1.25. The topological polar surface area (TPSA) is 12.0 Å². The van der Waals surface area contributed by atoms with E-state index >= 15 is 0 Å². The van der Waals surface area contributed by atoms with Crippen molar-refractivity contribution < 1.29 is 0 Å². The van der Waals surface area contributed by atoms with Crippen LogP contribution in [-0.2, 0) is 13.0 Å². The normalized spacial score (nSPS) is 16.6. The van der Waals surface area contributed by atoms with E-state index in [0.29, 0.717) is 0 Å². The highest BCUT2D eigenvalue weighted by atomic mass is 32.2. The van der Waals surface area contributed by atoms with Crippen molar-refractivity contribution in [3.05, 3.63) is 65.2 Å². The third-order valence-corrected chi connectivity index (χ3v) is 5.09. The Kier molecular flexibility index (Phi) is 4.44. The van der Waals surface area contributed by atoms with Crippen LogP contribution in [0.25, 0.3) is 0 Å². The summed E-state index contributed by atoms with van der Waals surface area (Å²) >= 11 is 1.98. The van der Waals surface area contributed by atoms with Crippen LogP contribution < -0.4 is 5.32 Å². The van der Waals surface area contributed by atoms with Crippen molar-refractivity contribution in [2.75, 3.05) is 12.3 Å². The van der Waals surface area contributed by atoms with Crippen LogP contribution in [0.1, 0.15) is 29.5 Å². The molecule has 3 rings (SSSR count). The molecule has 2 aromatic rings. The molecule has 0 bridgehead atoms. The number of thioether (sulfide) groups is 1. The number of fused-ring (bicyclic) bond motifs is 1. The molecule has 20 heavy (non-hydrogen) atoms. The Morgan fingerprint density at radius 3 is 2.65 bits per heavy atom. The van der Waals surface area contributed by atoms with Gasteiger partial charge in [-0.25, -0.2) is 0 Å². The summed E-state index contributed by atoms with van der Waals surface area (Å²) in [5, 5.41) is 3.36. The van der Waals surface area contributed by atoms with E-state index in [4.69, 9.17) is 0 Å². The van der Waals surface area contributed by atoms with Crippen molar-refractivity contribution >= 4 is 11.8 Å². The van der Waals surface area contributed by atoms with Gasteiger partial charge in [0, 0.05) is 17.2 Å². The van der Waals surface area contributed by atoms with Gasteiger partial charge in [-0.15, -0.1) is 11.8 Å². The molecule has 1 aliphatic rings. The van der Waals surface area contributed by atoms with Crippen molar-refractivity contribution in [2.45, 2.75) is 30.7 Å². The summed E-state index contributed by atoms with van der Waals surface area (Å²) in [4.78, 5) is 1.38. The molecule has 0 amide bonds. The van der Waals surface area contributed by atoms with E-state index in [1.54, 1.807) is 11.1 Å². The van der Waals surface area contributed by atoms with Crippen molar-refractivity contribution in [1.82, 2.24) is 5.32 Å². The number of hydrogen-bond donors (Lipinski definition) is 1. The maximum absolute atomic E-state index is 3.36. The minimum atomic E-state index is 0.748. The Morgan fingerprint density at radius 1 is 1.10 bits per heavy atom. The first-order valence-corrected chi connectivity index (χ1v) is 8.35. The quantitative estimate of drug-likeness (QED) is 0.796. The van der Waals surface area contributed by atoms with Crippen LogP contribution in [0, 0.1) is 0 Å². The molecule has 1 unspecified atom stereocenters. The van der Waals surface area contributed by atoms with Gasteiger partial charge in [-0.1, -0.05) is 43.3 Å². The zero-order chi connectivity index (χ0) is 13.8. The Bertz CT molecular complexity index is 562. The summed E-state index contributed by atoms with van der Waals surface area (Å²) in [7, 11) is 0. The summed E-state index contributed by atoms with van der Waals surface area (Å²) in [6.07, 6.45) is 1.25. The van der Waals surface area contributed by atoms with Crippen molar-refractivity contribution in [3.8, 4) is 0 Å². The molecule has 1 atom stereocenters. The molecule has 0 aliphatic heterocycles. The fourth-order valence-corrected chi connectivity index (χ4v) is 3.70. The van der Waals surface area contributed by atoms with Gasteiger partial charge >= 0.3 is 0 Å². The summed E-state index contributed by atoms with van der Waals surface area (Å²) in [5.41, 5.74) is 4.47. The molecule has 1 N–H and O–H groups in total. The van der Waals surface area contributed by atoms with Crippen molar-refractivity contribution in [3.63, 3.8) is 0 Å². The molecule has 0 aromatic heterocycles. The molecule has 0 radical (unpaired) electrons. The van der Waals surface area contributed by atoms with Gasteiger partial charge in [0.15, 0.2) is 0 Å². The van der Waals surface area contributed by atoms with E-state index in [9.17, 15) is 0 Å². The Morgan fingerprint density at radius 2 is 1.90 bits per heavy atom. The fourth-order valence-electron chi connectivity index (χ4n) is 2.68. The second-order valence-electron chi connectivity index (χ2n) is 5.34. The van der Waals surface area contributed by atoms with Crippen molar-refractivity contribution in [1.29, 1.82) is 0 Å². The average molecular weight is 283 g/mol. The first-order chi connectivity index (χ1) is 9.86. The van der Waals surface area contributed by atoms with Gasteiger partial charge < -0.3 is 5.32 Å². The van der Waals surface area contributed by atoms with Crippen LogP contribution in [0.3, 0.4) is 0 Å². The van der Waals surface area contributed by atoms with E-state index in [-0.39, 0.29) is 0 Å². The molecule has 1 nitrogen and oxygen atoms in total. The molecule has 0 saturated heterocycles. The van der Waals surface area contributed by atoms with Crippen molar-refractivity contribution in [2.24, 2.45) is 0 Å². The Balaban J connectivity index is 1.52. The number of benzene rings is 2. The zero-order valence-electron chi connectivity index (χ0n) is 11.9. The predicted molar refractivity (Wildman–Crippen MR) is 87.4 cm³/mol. The molecule has 0 fully saturated rings. The molecule has 2 aromatic carbocycles. The van der Waals surface area contributed by atoms with Crippen LogP contribution >= 0.6 is 11.8 Å². The van der Waals surface area contributed by atoms with Gasteiger partial charge in [-0.05, 0) is 47.7 Å². The fraction of sp³-hybridized carbons (Fsp3) is 0.333. The molecule has 2 heteroatoms. The second kappa shape index (κ2) is 6.47. The summed E-state index contributed by atoms with van der Waals surface area (Å²) in [6.45, 7) is 4.13. The highest BCUT2D eigenvalue weighted by molar-refractivity contribution is 7.99. The molecule has 0 heterocycles. The summed E-state index contributed by atoms with van der Waals surface area (Å²) < 4.78 is 0. The number of hydrogen-bond acceptors (Lipinski definition) is 2. The lowest BCUT2D eigenvalue weighted by Crippen LogP contribution is -2.18. The first-order valence-electron chi connectivity index (χ1n) is 7.37. The zero-order valence-corrected chi connectivity index (χ0v) is 12.7. The average Bonchev–Trinajstić information content (AvgIpc) is 2.47. The van der Waals surface area contributed by atoms with Crippen LogP contribution in [0.2, 0.25) is 0 Å². The van der Waals surface area contributed by atoms with Crippen LogP contribution in [0.4, 0.5) is 0 Å². The maximum Gasteiger partial charge on any atom is 0.0205 e. The molecule has 0 spiro atoms. The molecular weight excluding hydrogens is 262 g/mol. The van der Waals surface area contributed by atoms with Crippen LogP contribution in [0.5, 0.6) is 0 Å². The molecular formula is C18H21NS. The first kappa shape index (κ1) is 13.7. The molecule has 0 saturated carbocycles. The van der Waals surface area contributed by atoms with E-state index < -0.39 is 0 Å². The number of rotatable bonds is 6. The van der Waals surface area contributed by atoms with E-state index in [2.05, 4.69) is 60.8 Å². The van der Waals surface area contributed by atoms with E-state index in [0.717, 1.165) is 19.0 Å². The highest BCUT2D eigenvalue weighted by Crippen LogP contribution is 2.38. The summed E-state index contributed by atoms with van der Waals surface area (Å²) in [5.74, 6) is 1.95. The van der Waals surface area contributed by atoms with E-state index in [1.807, 2.05) is 11.8 Å². The minimum absolute atomic E-state index is 0.748. The molecule has 1 aliphatic carbocycles. The van der Waals surface area contributed by atoms with Crippen LogP contribution in [-0.4, -0.2) is 12.3 Å². The van der Waals surface area contributed by atoms with Gasteiger partial charge in [-0.2, -0.15) is 0 Å². The van der Waals surface area contributed by atoms with Gasteiger partial charge in [0.05, 0.1) is 0 Å². The lowest BCUT2D eigenvalue weighted by Gasteiger charge is -2.29. The third-order valence-electron chi connectivity index (χ3n) is 3.91. The lowest BCUT2D eigenvalue weighted by molar-refractivity contribution is 0.677. The standard InChI is InChI=1S/C18H21NS/c1-2-19-12-14-7-9-17(10-8-14)20-13-16-11-15-5-3-4-6-18(15)16/h3-10,16,19H,2,11-13H2,1H3. The van der Waals surface area contributed by atoms with Gasteiger partial charge in [-0.3, -0.25) is 0 Å². The van der Waals surface area contributed by atoms with Crippen LogP contribution in [0.15, 0.2) is 53.4 Å². The monoisotopic (exact) mass is 283 g/mol. The van der Waals surface area contributed by atoms with E-state index in [1.165, 1.54) is 22.6 Å². The van der Waals surface area contributed by atoms with Gasteiger partial charge in [0.2, 0.25) is 0 Å². The minimum Gasteiger partial charge on any atom is -0.313 e.